The molecule has 3 aromatic rings. The maximum atomic E-state index is 15.5. The van der Waals surface area contributed by atoms with Gasteiger partial charge in [-0.2, -0.15) is 5.26 Å². The maximum absolute atomic E-state index is 15.5. The van der Waals surface area contributed by atoms with Gasteiger partial charge in [0.2, 0.25) is 11.8 Å². The second-order valence-corrected chi connectivity index (χ2v) is 14.7. The van der Waals surface area contributed by atoms with Crippen molar-refractivity contribution in [2.45, 2.75) is 58.1 Å². The van der Waals surface area contributed by atoms with Crippen molar-refractivity contribution in [1.29, 1.82) is 5.26 Å². The number of anilines is 1. The fraction of sp³-hybridized carbons (Fsp3) is 0.528. The minimum absolute atomic E-state index is 0.00194. The summed E-state index contributed by atoms with van der Waals surface area (Å²) in [5.74, 6) is -0.599. The van der Waals surface area contributed by atoms with Crippen molar-refractivity contribution in [3.8, 4) is 17.2 Å². The van der Waals surface area contributed by atoms with Gasteiger partial charge in [-0.3, -0.25) is 24.2 Å². The van der Waals surface area contributed by atoms with Crippen LogP contribution in [0.5, 0.6) is 0 Å². The van der Waals surface area contributed by atoms with Gasteiger partial charge in [-0.15, -0.1) is 5.10 Å². The first kappa shape index (κ1) is 34.9. The quantitative estimate of drug-likeness (QED) is 0.347. The number of carbonyl (C=O) groups is 3. The number of carbonyl (C=O) groups excluding carboxylic acids is 3. The van der Waals surface area contributed by atoms with E-state index in [0.29, 0.717) is 87.7 Å². The number of likely N-dealkylation sites (tertiary alicyclic amines) is 1. The molecule has 14 heteroatoms. The molecule has 5 heterocycles. The SMILES string of the molecule is CC(C)(C)OC(=O)N1CCN(CC(=O)N2CC[C@@H]([C@@](C)(C#N)c3ccc(-c4ccc(N5C[C@H](Cn6ccnn6)CC5=O)cc4F)cn3)C2)CC1. The van der Waals surface area contributed by atoms with E-state index >= 15 is 4.39 Å². The molecule has 264 valence electrons. The van der Waals surface area contributed by atoms with Gasteiger partial charge in [-0.25, -0.2) is 9.18 Å². The Morgan fingerprint density at radius 3 is 2.46 bits per heavy atom. The maximum Gasteiger partial charge on any atom is 0.410 e. The summed E-state index contributed by atoms with van der Waals surface area (Å²) in [6.07, 6.45) is 5.61. The van der Waals surface area contributed by atoms with E-state index in [0.717, 1.165) is 0 Å². The van der Waals surface area contributed by atoms with Crippen molar-refractivity contribution >= 4 is 23.6 Å². The molecule has 2 aromatic heterocycles. The highest BCUT2D eigenvalue weighted by Gasteiger charge is 2.43. The van der Waals surface area contributed by atoms with Gasteiger partial charge in [0.1, 0.15) is 16.8 Å². The molecule has 13 nitrogen and oxygen atoms in total. The molecule has 0 radical (unpaired) electrons. The zero-order valence-corrected chi connectivity index (χ0v) is 29.1. The zero-order chi connectivity index (χ0) is 35.6. The Morgan fingerprint density at radius 2 is 1.82 bits per heavy atom. The summed E-state index contributed by atoms with van der Waals surface area (Å²) in [4.78, 5) is 50.2. The molecule has 3 aliphatic heterocycles. The van der Waals surface area contributed by atoms with Gasteiger partial charge < -0.3 is 19.4 Å². The summed E-state index contributed by atoms with van der Waals surface area (Å²) < 4.78 is 22.6. The van der Waals surface area contributed by atoms with Gasteiger partial charge >= 0.3 is 6.09 Å². The molecule has 6 rings (SSSR count). The lowest BCUT2D eigenvalue weighted by Gasteiger charge is -2.35. The number of nitriles is 1. The van der Waals surface area contributed by atoms with Crippen molar-refractivity contribution in [3.63, 3.8) is 0 Å². The molecule has 0 spiro atoms. The molecule has 0 unspecified atom stereocenters. The Hall–Kier alpha value is -4.90. The number of pyridine rings is 1. The van der Waals surface area contributed by atoms with Crippen LogP contribution in [0.4, 0.5) is 14.9 Å². The lowest BCUT2D eigenvalue weighted by atomic mass is 9.74. The van der Waals surface area contributed by atoms with Crippen molar-refractivity contribution in [1.82, 2.24) is 34.7 Å². The molecule has 0 N–H and O–H groups in total. The largest absolute Gasteiger partial charge is 0.444 e. The van der Waals surface area contributed by atoms with Crippen LogP contribution in [0, 0.1) is 29.0 Å². The van der Waals surface area contributed by atoms with Gasteiger partial charge in [-0.1, -0.05) is 11.3 Å². The normalized spacial score (nSPS) is 21.3. The third-order valence-corrected chi connectivity index (χ3v) is 9.97. The van der Waals surface area contributed by atoms with E-state index in [4.69, 9.17) is 4.74 Å². The molecule has 3 saturated heterocycles. The minimum Gasteiger partial charge on any atom is -0.444 e. The number of halogens is 1. The van der Waals surface area contributed by atoms with Crippen LogP contribution in [0.2, 0.25) is 0 Å². The lowest BCUT2D eigenvalue weighted by Crippen LogP contribution is -2.52. The third-order valence-electron chi connectivity index (χ3n) is 9.97. The van der Waals surface area contributed by atoms with Gasteiger partial charge in [0.05, 0.1) is 24.5 Å². The van der Waals surface area contributed by atoms with E-state index in [-0.39, 0.29) is 36.3 Å². The molecular formula is C36H44FN9O4. The predicted octanol–water partition coefficient (Wildman–Crippen LogP) is 3.71. The van der Waals surface area contributed by atoms with Gasteiger partial charge in [-0.05, 0) is 58.4 Å². The van der Waals surface area contributed by atoms with Crippen molar-refractivity contribution < 1.29 is 23.5 Å². The number of nitrogens with zero attached hydrogens (tertiary/aromatic N) is 9. The Kier molecular flexibility index (Phi) is 9.89. The molecule has 50 heavy (non-hydrogen) atoms. The first-order chi connectivity index (χ1) is 23.8. The minimum atomic E-state index is -0.951. The van der Waals surface area contributed by atoms with Gasteiger partial charge in [0, 0.05) is 99.8 Å². The van der Waals surface area contributed by atoms with Crippen LogP contribution in [-0.2, 0) is 26.3 Å². The third kappa shape index (κ3) is 7.62. The summed E-state index contributed by atoms with van der Waals surface area (Å²) >= 11 is 0. The Labute approximate surface area is 291 Å². The Morgan fingerprint density at radius 1 is 1.04 bits per heavy atom. The summed E-state index contributed by atoms with van der Waals surface area (Å²) in [6.45, 7) is 11.8. The Balaban J connectivity index is 1.04. The topological polar surface area (TPSA) is 141 Å². The van der Waals surface area contributed by atoms with E-state index in [2.05, 4.69) is 21.4 Å². The molecule has 1 aromatic carbocycles. The molecule has 3 amide bonds. The van der Waals surface area contributed by atoms with Crippen molar-refractivity contribution in [2.24, 2.45) is 11.8 Å². The summed E-state index contributed by atoms with van der Waals surface area (Å²) in [5.41, 5.74) is 0.473. The fourth-order valence-corrected chi connectivity index (χ4v) is 7.04. The molecule has 0 bridgehead atoms. The van der Waals surface area contributed by atoms with Crippen molar-refractivity contribution in [2.75, 3.05) is 57.3 Å². The van der Waals surface area contributed by atoms with E-state index in [1.807, 2.05) is 37.5 Å². The molecule has 3 atom stereocenters. The van der Waals surface area contributed by atoms with Gasteiger partial charge in [0.15, 0.2) is 0 Å². The van der Waals surface area contributed by atoms with E-state index in [1.165, 1.54) is 6.07 Å². The standard InChI is InChI=1S/C36H44FN9O4/c1-35(2,3)50-34(49)43-15-13-42(14-16-43)23-33(48)44-11-9-27(22-44)36(4,24-38)31-8-5-26(19-39-31)29-7-6-28(18-30(29)37)46-21-25(17-32(46)47)20-45-12-10-40-41-45/h5-8,10,12,18-19,25,27H,9,11,13-17,20-23H2,1-4H3/t25-,27+,36+/m0/s1. The Bertz CT molecular complexity index is 1750. The van der Waals surface area contributed by atoms with E-state index < -0.39 is 16.8 Å². The van der Waals surface area contributed by atoms with E-state index in [9.17, 15) is 19.6 Å². The van der Waals surface area contributed by atoms with Crippen LogP contribution in [0.3, 0.4) is 0 Å². The molecule has 3 fully saturated rings. The van der Waals surface area contributed by atoms with Crippen LogP contribution in [0.25, 0.3) is 11.1 Å². The number of hydrogen-bond acceptors (Lipinski definition) is 9. The second kappa shape index (κ2) is 14.1. The van der Waals surface area contributed by atoms with Crippen LogP contribution in [0.15, 0.2) is 48.9 Å². The number of benzene rings is 1. The summed E-state index contributed by atoms with van der Waals surface area (Å²) in [6, 6.07) is 10.8. The number of rotatable bonds is 8. The highest BCUT2D eigenvalue weighted by molar-refractivity contribution is 5.96. The first-order valence-corrected chi connectivity index (χ1v) is 17.1. The monoisotopic (exact) mass is 685 g/mol. The number of aromatic nitrogens is 4. The van der Waals surface area contributed by atoms with Crippen molar-refractivity contribution in [3.05, 3.63) is 60.4 Å². The molecular weight excluding hydrogens is 641 g/mol. The number of amides is 3. The number of hydrogen-bond donors (Lipinski definition) is 0. The average molecular weight is 686 g/mol. The smallest absolute Gasteiger partial charge is 0.410 e. The second-order valence-electron chi connectivity index (χ2n) is 14.7. The molecule has 0 saturated carbocycles. The van der Waals surface area contributed by atoms with Crippen LogP contribution < -0.4 is 4.90 Å². The summed E-state index contributed by atoms with van der Waals surface area (Å²) in [7, 11) is 0. The molecule has 3 aliphatic rings. The highest BCUT2D eigenvalue weighted by Crippen LogP contribution is 2.38. The van der Waals surface area contributed by atoms with E-state index in [1.54, 1.807) is 57.3 Å². The van der Waals surface area contributed by atoms with Gasteiger partial charge in [0.25, 0.3) is 0 Å². The summed E-state index contributed by atoms with van der Waals surface area (Å²) in [5, 5.41) is 18.1. The predicted molar refractivity (Wildman–Crippen MR) is 182 cm³/mol. The lowest BCUT2D eigenvalue weighted by molar-refractivity contribution is -0.132. The molecule has 0 aliphatic carbocycles. The number of piperazine rings is 1. The number of ether oxygens (including phenoxy) is 1. The van der Waals surface area contributed by atoms with Crippen LogP contribution >= 0.6 is 0 Å². The average Bonchev–Trinajstić information content (AvgIpc) is 3.86. The zero-order valence-electron chi connectivity index (χ0n) is 29.1. The highest BCUT2D eigenvalue weighted by atomic mass is 19.1. The fourth-order valence-electron chi connectivity index (χ4n) is 7.04. The first-order valence-electron chi connectivity index (χ1n) is 17.1. The van der Waals surface area contributed by atoms with Crippen LogP contribution in [-0.4, -0.2) is 111 Å². The van der Waals surface area contributed by atoms with Crippen LogP contribution in [0.1, 0.15) is 46.2 Å².